The molecule has 0 aliphatic rings. The van der Waals surface area contributed by atoms with Crippen molar-refractivity contribution in [3.63, 3.8) is 0 Å². The van der Waals surface area contributed by atoms with Crippen LogP contribution in [0.2, 0.25) is 5.02 Å². The molecule has 1 amide bonds. The van der Waals surface area contributed by atoms with E-state index in [1.807, 2.05) is 26.0 Å². The molecule has 0 heterocycles. The van der Waals surface area contributed by atoms with Gasteiger partial charge < -0.3 is 10.6 Å². The molecule has 0 fully saturated rings. The van der Waals surface area contributed by atoms with E-state index < -0.39 is 0 Å². The van der Waals surface area contributed by atoms with E-state index in [9.17, 15) is 4.79 Å². The van der Waals surface area contributed by atoms with Crippen LogP contribution in [0.25, 0.3) is 0 Å². The first kappa shape index (κ1) is 13.9. The van der Waals surface area contributed by atoms with E-state index in [2.05, 4.69) is 10.6 Å². The molecule has 92 valence electrons. The van der Waals surface area contributed by atoms with Crippen molar-refractivity contribution in [2.45, 2.75) is 26.7 Å². The molecule has 0 aliphatic heterocycles. The highest BCUT2D eigenvalue weighted by atomic mass is 35.5. The van der Waals surface area contributed by atoms with Gasteiger partial charge in [-0.05, 0) is 43.3 Å². The van der Waals surface area contributed by atoms with Crippen LogP contribution in [0, 0.1) is 6.92 Å². The number of amides is 1. The summed E-state index contributed by atoms with van der Waals surface area (Å²) in [6.07, 6.45) is 1.26. The summed E-state index contributed by atoms with van der Waals surface area (Å²) < 4.78 is 0. The number of halogens is 1. The third-order valence-corrected chi connectivity index (χ3v) is 2.86. The lowest BCUT2D eigenvalue weighted by Crippen LogP contribution is -2.34. The molecule has 0 saturated carbocycles. The van der Waals surface area contributed by atoms with Crippen LogP contribution in [0.15, 0.2) is 18.2 Å². The Morgan fingerprint density at radius 2 is 2.18 bits per heavy atom. The predicted octanol–water partition coefficient (Wildman–Crippen LogP) is 3.26. The van der Waals surface area contributed by atoms with Crippen molar-refractivity contribution < 1.29 is 4.79 Å². The second-order valence-electron chi connectivity index (χ2n) is 3.66. The number of carbonyl (C=O) groups excluding carboxylic acids is 1. The van der Waals surface area contributed by atoms with Gasteiger partial charge in [-0.2, -0.15) is 0 Å². The Balaban J connectivity index is 2.62. The normalized spacial score (nSPS) is 9.82. The zero-order chi connectivity index (χ0) is 12.8. The topological polar surface area (TPSA) is 41.1 Å². The number of benzene rings is 1. The quantitative estimate of drug-likeness (QED) is 0.829. The summed E-state index contributed by atoms with van der Waals surface area (Å²) >= 11 is 11.0. The minimum atomic E-state index is -0.0790. The first-order valence-corrected chi connectivity index (χ1v) is 6.19. The average Bonchev–Trinajstić information content (AvgIpc) is 2.25. The predicted molar refractivity (Wildman–Crippen MR) is 75.5 cm³/mol. The van der Waals surface area contributed by atoms with Gasteiger partial charge in [0.15, 0.2) is 5.11 Å². The van der Waals surface area contributed by atoms with E-state index in [0.29, 0.717) is 16.6 Å². The van der Waals surface area contributed by atoms with Gasteiger partial charge in [0.2, 0.25) is 5.91 Å². The van der Waals surface area contributed by atoms with Crippen LogP contribution in [-0.4, -0.2) is 11.0 Å². The highest BCUT2D eigenvalue weighted by Crippen LogP contribution is 2.22. The maximum atomic E-state index is 11.3. The highest BCUT2D eigenvalue weighted by Gasteiger charge is 2.06. The van der Waals surface area contributed by atoms with Crippen molar-refractivity contribution in [1.82, 2.24) is 5.32 Å². The summed E-state index contributed by atoms with van der Waals surface area (Å²) in [6, 6.07) is 5.49. The van der Waals surface area contributed by atoms with Crippen LogP contribution >= 0.6 is 23.8 Å². The molecule has 17 heavy (non-hydrogen) atoms. The number of carbonyl (C=O) groups is 1. The number of hydrogen-bond acceptors (Lipinski definition) is 2. The van der Waals surface area contributed by atoms with Gasteiger partial charge in [0.05, 0.1) is 0 Å². The molecule has 0 saturated heterocycles. The third-order valence-electron chi connectivity index (χ3n) is 2.25. The lowest BCUT2D eigenvalue weighted by Gasteiger charge is -2.12. The van der Waals surface area contributed by atoms with Gasteiger partial charge in [-0.15, -0.1) is 0 Å². The smallest absolute Gasteiger partial charge is 0.226 e. The van der Waals surface area contributed by atoms with Gasteiger partial charge in [0.25, 0.3) is 0 Å². The Kier molecular flexibility index (Phi) is 5.38. The zero-order valence-corrected chi connectivity index (χ0v) is 11.4. The van der Waals surface area contributed by atoms with Gasteiger partial charge >= 0.3 is 0 Å². The van der Waals surface area contributed by atoms with Crippen molar-refractivity contribution in [1.29, 1.82) is 0 Å². The molecule has 0 radical (unpaired) electrons. The van der Waals surface area contributed by atoms with Gasteiger partial charge in [-0.3, -0.25) is 4.79 Å². The van der Waals surface area contributed by atoms with Gasteiger partial charge in [0.1, 0.15) is 0 Å². The SMILES string of the molecule is CCCC(=O)NC(=S)Nc1cccc(Cl)c1C. The van der Waals surface area contributed by atoms with Crippen LogP contribution in [-0.2, 0) is 4.79 Å². The number of rotatable bonds is 3. The van der Waals surface area contributed by atoms with Gasteiger partial charge in [-0.25, -0.2) is 0 Å². The van der Waals surface area contributed by atoms with Crippen molar-refractivity contribution in [2.24, 2.45) is 0 Å². The summed E-state index contributed by atoms with van der Waals surface area (Å²) in [4.78, 5) is 11.3. The van der Waals surface area contributed by atoms with Crippen molar-refractivity contribution in [2.75, 3.05) is 5.32 Å². The fourth-order valence-electron chi connectivity index (χ4n) is 1.31. The molecule has 5 heteroatoms. The second-order valence-corrected chi connectivity index (χ2v) is 4.48. The standard InChI is InChI=1S/C12H15ClN2OS/c1-3-5-11(16)15-12(17)14-10-7-4-6-9(13)8(10)2/h4,6-7H,3,5H2,1-2H3,(H2,14,15,16,17). The molecule has 2 N–H and O–H groups in total. The monoisotopic (exact) mass is 270 g/mol. The summed E-state index contributed by atoms with van der Waals surface area (Å²) in [6.45, 7) is 3.83. The minimum Gasteiger partial charge on any atom is -0.332 e. The van der Waals surface area contributed by atoms with Crippen LogP contribution in [0.3, 0.4) is 0 Å². The van der Waals surface area contributed by atoms with E-state index >= 15 is 0 Å². The Labute approximate surface area is 112 Å². The summed E-state index contributed by atoms with van der Waals surface area (Å²) in [5.41, 5.74) is 1.71. The van der Waals surface area contributed by atoms with E-state index in [1.54, 1.807) is 6.07 Å². The first-order valence-electron chi connectivity index (χ1n) is 5.40. The molecule has 0 atom stereocenters. The maximum absolute atomic E-state index is 11.3. The number of anilines is 1. The first-order chi connectivity index (χ1) is 8.04. The summed E-state index contributed by atoms with van der Waals surface area (Å²) in [5.74, 6) is -0.0790. The summed E-state index contributed by atoms with van der Waals surface area (Å²) in [7, 11) is 0. The molecule has 0 aromatic heterocycles. The summed E-state index contributed by atoms with van der Waals surface area (Å²) in [5, 5.41) is 6.53. The van der Waals surface area contributed by atoms with Crippen LogP contribution in [0.4, 0.5) is 5.69 Å². The molecule has 0 aliphatic carbocycles. The van der Waals surface area contributed by atoms with E-state index in [4.69, 9.17) is 23.8 Å². The molecule has 1 aromatic rings. The van der Waals surface area contributed by atoms with Crippen molar-refractivity contribution >= 4 is 40.5 Å². The van der Waals surface area contributed by atoms with Crippen molar-refractivity contribution in [3.05, 3.63) is 28.8 Å². The average molecular weight is 271 g/mol. The Morgan fingerprint density at radius 1 is 1.47 bits per heavy atom. The van der Waals surface area contributed by atoms with Gasteiger partial charge in [-0.1, -0.05) is 24.6 Å². The molecule has 1 rings (SSSR count). The minimum absolute atomic E-state index is 0.0790. The van der Waals surface area contributed by atoms with Crippen LogP contribution in [0.1, 0.15) is 25.3 Å². The zero-order valence-electron chi connectivity index (χ0n) is 9.84. The largest absolute Gasteiger partial charge is 0.332 e. The molecule has 0 unspecified atom stereocenters. The Bertz CT molecular complexity index is 435. The highest BCUT2D eigenvalue weighted by molar-refractivity contribution is 7.80. The number of nitrogens with one attached hydrogen (secondary N) is 2. The number of thiocarbonyl (C=S) groups is 1. The maximum Gasteiger partial charge on any atom is 0.226 e. The lowest BCUT2D eigenvalue weighted by molar-refractivity contribution is -0.119. The van der Waals surface area contributed by atoms with E-state index in [-0.39, 0.29) is 5.91 Å². The second kappa shape index (κ2) is 6.57. The van der Waals surface area contributed by atoms with E-state index in [1.165, 1.54) is 0 Å². The van der Waals surface area contributed by atoms with Crippen molar-refractivity contribution in [3.8, 4) is 0 Å². The third kappa shape index (κ3) is 4.32. The van der Waals surface area contributed by atoms with Crippen LogP contribution in [0.5, 0.6) is 0 Å². The fraction of sp³-hybridized carbons (Fsp3) is 0.333. The van der Waals surface area contributed by atoms with Gasteiger partial charge in [0, 0.05) is 17.1 Å². The molecule has 0 spiro atoms. The Morgan fingerprint density at radius 3 is 2.82 bits per heavy atom. The molecule has 3 nitrogen and oxygen atoms in total. The lowest BCUT2D eigenvalue weighted by atomic mass is 10.2. The number of hydrogen-bond donors (Lipinski definition) is 2. The molecule has 0 bridgehead atoms. The molecule has 1 aromatic carbocycles. The molecular weight excluding hydrogens is 256 g/mol. The van der Waals surface area contributed by atoms with Crippen LogP contribution < -0.4 is 10.6 Å². The molecular formula is C12H15ClN2OS. The fourth-order valence-corrected chi connectivity index (χ4v) is 1.71. The van der Waals surface area contributed by atoms with E-state index in [0.717, 1.165) is 17.7 Å². The Hall–Kier alpha value is -1.13.